The second kappa shape index (κ2) is 10.6. The molecule has 1 N–H and O–H groups in total. The molecule has 0 amide bonds. The first kappa shape index (κ1) is 23.6. The highest BCUT2D eigenvalue weighted by Crippen LogP contribution is 2.29. The van der Waals surface area contributed by atoms with Crippen LogP contribution in [0.5, 0.6) is 5.75 Å². The fourth-order valence-corrected chi connectivity index (χ4v) is 4.05. The fraction of sp³-hybridized carbons (Fsp3) is 0.360. The van der Waals surface area contributed by atoms with Gasteiger partial charge in [-0.1, -0.05) is 29.3 Å². The molecule has 6 nitrogen and oxygen atoms in total. The average Bonchev–Trinajstić information content (AvgIpc) is 2.79. The topological polar surface area (TPSA) is 53.5 Å². The van der Waals surface area contributed by atoms with Gasteiger partial charge >= 0.3 is 0 Å². The third kappa shape index (κ3) is 6.28. The molecular weight excluding hydrogens is 457 g/mol. The first-order chi connectivity index (χ1) is 15.9. The van der Waals surface area contributed by atoms with Gasteiger partial charge in [0.1, 0.15) is 5.75 Å². The zero-order chi connectivity index (χ0) is 23.4. The van der Waals surface area contributed by atoms with Gasteiger partial charge in [0.25, 0.3) is 0 Å². The Hall–Kier alpha value is -2.54. The van der Waals surface area contributed by atoms with E-state index in [1.165, 1.54) is 5.69 Å². The van der Waals surface area contributed by atoms with Crippen molar-refractivity contribution in [3.63, 3.8) is 0 Å². The Morgan fingerprint density at radius 2 is 1.73 bits per heavy atom. The zero-order valence-corrected chi connectivity index (χ0v) is 20.7. The predicted molar refractivity (Wildman–Crippen MR) is 136 cm³/mol. The number of nitrogens with one attached hydrogen (secondary N) is 1. The van der Waals surface area contributed by atoms with Crippen molar-refractivity contribution >= 4 is 40.5 Å². The van der Waals surface area contributed by atoms with Gasteiger partial charge in [-0.2, -0.15) is 0 Å². The maximum Gasteiger partial charge on any atom is 0.227 e. The molecule has 0 atom stereocenters. The van der Waals surface area contributed by atoms with Crippen LogP contribution in [0.25, 0.3) is 0 Å². The van der Waals surface area contributed by atoms with Gasteiger partial charge in [-0.15, -0.1) is 0 Å². The van der Waals surface area contributed by atoms with E-state index in [4.69, 9.17) is 27.9 Å². The molecule has 0 spiro atoms. The Labute approximate surface area is 205 Å². The first-order valence-electron chi connectivity index (χ1n) is 11.1. The van der Waals surface area contributed by atoms with Crippen LogP contribution < -0.4 is 15.0 Å². The minimum absolute atomic E-state index is 0.0406. The summed E-state index contributed by atoms with van der Waals surface area (Å²) in [7, 11) is 2.16. The summed E-state index contributed by atoms with van der Waals surface area (Å²) in [6.07, 6.45) is 2.22. The summed E-state index contributed by atoms with van der Waals surface area (Å²) in [5.41, 5.74) is 3.91. The lowest BCUT2D eigenvalue weighted by molar-refractivity contribution is 0.242. The van der Waals surface area contributed by atoms with Crippen molar-refractivity contribution in [3.05, 3.63) is 70.0 Å². The van der Waals surface area contributed by atoms with Gasteiger partial charge in [0.15, 0.2) is 0 Å². The number of anilines is 3. The molecule has 0 bridgehead atoms. The van der Waals surface area contributed by atoms with E-state index in [-0.39, 0.29) is 6.10 Å². The highest BCUT2D eigenvalue weighted by Gasteiger charge is 2.14. The van der Waals surface area contributed by atoms with Crippen LogP contribution in [0.15, 0.2) is 48.7 Å². The molecule has 33 heavy (non-hydrogen) atoms. The maximum atomic E-state index is 6.40. The molecule has 1 fully saturated rings. The molecule has 3 aromatic rings. The number of nitrogens with zero attached hydrogens (tertiary/aromatic N) is 4. The Kier molecular flexibility index (Phi) is 7.58. The van der Waals surface area contributed by atoms with E-state index in [1.54, 1.807) is 6.20 Å². The number of halogens is 2. The van der Waals surface area contributed by atoms with E-state index in [0.717, 1.165) is 43.1 Å². The van der Waals surface area contributed by atoms with Gasteiger partial charge in [0, 0.05) is 44.0 Å². The lowest BCUT2D eigenvalue weighted by Gasteiger charge is -2.34. The lowest BCUT2D eigenvalue weighted by atomic mass is 10.1. The van der Waals surface area contributed by atoms with E-state index in [0.29, 0.717) is 28.2 Å². The molecule has 1 aromatic heterocycles. The third-order valence-electron chi connectivity index (χ3n) is 5.54. The largest absolute Gasteiger partial charge is 0.489 e. The van der Waals surface area contributed by atoms with Crippen molar-refractivity contribution in [1.82, 2.24) is 14.9 Å². The SMILES string of the molecule is CC(C)Oc1cc(Cc2nc(Nc3ccc(N4CCN(C)CC4)cc3)ncc2Cl)ccc1Cl. The molecule has 174 valence electrons. The summed E-state index contributed by atoms with van der Waals surface area (Å²) in [4.78, 5) is 13.8. The molecular formula is C25H29Cl2N5O. The summed E-state index contributed by atoms with van der Waals surface area (Å²) in [6, 6.07) is 14.1. The summed E-state index contributed by atoms with van der Waals surface area (Å²) < 4.78 is 5.80. The molecule has 0 radical (unpaired) electrons. The van der Waals surface area contributed by atoms with Gasteiger partial charge in [-0.25, -0.2) is 9.97 Å². The molecule has 1 aliphatic rings. The molecule has 4 rings (SSSR count). The molecule has 1 saturated heterocycles. The number of ether oxygens (including phenoxy) is 1. The number of hydrogen-bond acceptors (Lipinski definition) is 6. The minimum Gasteiger partial charge on any atom is -0.489 e. The molecule has 2 aromatic carbocycles. The van der Waals surface area contributed by atoms with E-state index in [2.05, 4.69) is 56.4 Å². The predicted octanol–water partition coefficient (Wildman–Crippen LogP) is 5.66. The van der Waals surface area contributed by atoms with Crippen LogP contribution in [-0.2, 0) is 6.42 Å². The normalized spacial score (nSPS) is 14.5. The highest BCUT2D eigenvalue weighted by molar-refractivity contribution is 6.32. The highest BCUT2D eigenvalue weighted by atomic mass is 35.5. The van der Waals surface area contributed by atoms with Crippen LogP contribution in [0.4, 0.5) is 17.3 Å². The van der Waals surface area contributed by atoms with Crippen molar-refractivity contribution < 1.29 is 4.74 Å². The monoisotopic (exact) mass is 485 g/mol. The Morgan fingerprint density at radius 3 is 2.42 bits per heavy atom. The summed E-state index contributed by atoms with van der Waals surface area (Å²) in [5.74, 6) is 1.17. The Balaban J connectivity index is 1.45. The summed E-state index contributed by atoms with van der Waals surface area (Å²) in [5, 5.41) is 4.39. The van der Waals surface area contributed by atoms with Crippen molar-refractivity contribution in [3.8, 4) is 5.75 Å². The van der Waals surface area contributed by atoms with E-state index in [9.17, 15) is 0 Å². The Bertz CT molecular complexity index is 1080. The van der Waals surface area contributed by atoms with Gasteiger partial charge in [0.2, 0.25) is 5.95 Å². The number of hydrogen-bond donors (Lipinski definition) is 1. The smallest absolute Gasteiger partial charge is 0.227 e. The lowest BCUT2D eigenvalue weighted by Crippen LogP contribution is -2.44. The molecule has 0 unspecified atom stereocenters. The summed E-state index contributed by atoms with van der Waals surface area (Å²) in [6.45, 7) is 8.20. The van der Waals surface area contributed by atoms with Crippen LogP contribution in [0.1, 0.15) is 25.1 Å². The van der Waals surface area contributed by atoms with Gasteiger partial charge in [-0.05, 0) is 62.9 Å². The quantitative estimate of drug-likeness (QED) is 0.466. The molecule has 8 heteroatoms. The van der Waals surface area contributed by atoms with Crippen LogP contribution >= 0.6 is 23.2 Å². The number of aromatic nitrogens is 2. The zero-order valence-electron chi connectivity index (χ0n) is 19.2. The van der Waals surface area contributed by atoms with Crippen molar-refractivity contribution in [2.75, 3.05) is 43.4 Å². The van der Waals surface area contributed by atoms with Crippen molar-refractivity contribution in [2.45, 2.75) is 26.4 Å². The molecule has 2 heterocycles. The van der Waals surface area contributed by atoms with Gasteiger partial charge in [0.05, 0.1) is 28.0 Å². The van der Waals surface area contributed by atoms with Gasteiger partial charge in [-0.3, -0.25) is 0 Å². The van der Waals surface area contributed by atoms with Crippen LogP contribution in [-0.4, -0.2) is 54.2 Å². The number of benzene rings is 2. The Morgan fingerprint density at radius 1 is 1.00 bits per heavy atom. The number of likely N-dealkylation sites (N-methyl/N-ethyl adjacent to an activating group) is 1. The minimum atomic E-state index is 0.0406. The van der Waals surface area contributed by atoms with Crippen molar-refractivity contribution in [2.24, 2.45) is 0 Å². The van der Waals surface area contributed by atoms with Crippen LogP contribution in [0.2, 0.25) is 10.0 Å². The van der Waals surface area contributed by atoms with Crippen LogP contribution in [0, 0.1) is 0 Å². The van der Waals surface area contributed by atoms with Crippen LogP contribution in [0.3, 0.4) is 0 Å². The average molecular weight is 486 g/mol. The van der Waals surface area contributed by atoms with E-state index in [1.807, 2.05) is 32.0 Å². The second-order valence-electron chi connectivity index (χ2n) is 8.56. The number of rotatable bonds is 7. The third-order valence-corrected chi connectivity index (χ3v) is 6.17. The second-order valence-corrected chi connectivity index (χ2v) is 9.37. The molecule has 0 saturated carbocycles. The molecule has 0 aliphatic carbocycles. The van der Waals surface area contributed by atoms with E-state index < -0.39 is 0 Å². The molecule has 1 aliphatic heterocycles. The van der Waals surface area contributed by atoms with Gasteiger partial charge < -0.3 is 19.9 Å². The first-order valence-corrected chi connectivity index (χ1v) is 11.9. The summed E-state index contributed by atoms with van der Waals surface area (Å²) >= 11 is 12.7. The fourth-order valence-electron chi connectivity index (χ4n) is 3.73. The van der Waals surface area contributed by atoms with E-state index >= 15 is 0 Å². The maximum absolute atomic E-state index is 6.40. The van der Waals surface area contributed by atoms with Crippen molar-refractivity contribution in [1.29, 1.82) is 0 Å². The standard InChI is InChI=1S/C25H29Cl2N5O/c1-17(2)33-24-15-18(4-9-21(24)26)14-23-22(27)16-28-25(30-23)29-19-5-7-20(8-6-19)32-12-10-31(3)11-13-32/h4-9,15-17H,10-14H2,1-3H3,(H,28,29,30). The number of piperazine rings is 1.